The Labute approximate surface area is 108 Å². The van der Waals surface area contributed by atoms with Gasteiger partial charge in [-0.25, -0.2) is 0 Å². The number of nitrogens with two attached hydrogens (primary N) is 1. The van der Waals surface area contributed by atoms with Crippen LogP contribution in [0.3, 0.4) is 0 Å². The zero-order valence-electron chi connectivity index (χ0n) is 10.9. The highest BCUT2D eigenvalue weighted by molar-refractivity contribution is 5.95. The van der Waals surface area contributed by atoms with Crippen molar-refractivity contribution in [2.24, 2.45) is 11.7 Å². The molecule has 1 amide bonds. The number of amides is 1. The Morgan fingerprint density at radius 1 is 1.33 bits per heavy atom. The number of rotatable bonds is 2. The normalized spacial score (nSPS) is 21.4. The fraction of sp³-hybridized carbons (Fsp3) is 0.533. The van der Waals surface area contributed by atoms with Crippen molar-refractivity contribution < 1.29 is 4.79 Å². The molecule has 1 atom stereocenters. The average Bonchev–Trinajstić information content (AvgIpc) is 2.31. The van der Waals surface area contributed by atoms with Crippen LogP contribution in [-0.4, -0.2) is 13.0 Å². The summed E-state index contributed by atoms with van der Waals surface area (Å²) < 4.78 is 0. The Hall–Kier alpha value is -1.35. The van der Waals surface area contributed by atoms with Gasteiger partial charge in [0, 0.05) is 25.2 Å². The van der Waals surface area contributed by atoms with Crippen molar-refractivity contribution in [3.63, 3.8) is 0 Å². The molecule has 2 aliphatic rings. The number of carbonyl (C=O) groups is 1. The molecule has 1 aromatic carbocycles. The number of hydrogen-bond acceptors (Lipinski definition) is 2. The van der Waals surface area contributed by atoms with Gasteiger partial charge in [0.15, 0.2) is 0 Å². The molecule has 0 spiro atoms. The van der Waals surface area contributed by atoms with Gasteiger partial charge in [-0.2, -0.15) is 0 Å². The first-order chi connectivity index (χ1) is 8.66. The number of fused-ring (bicyclic) bond motifs is 1. The SMILES string of the molecule is CN1C(=O)CCc2cc(C(N)C3CCC3)ccc21. The molecule has 1 unspecified atom stereocenters. The van der Waals surface area contributed by atoms with Crippen molar-refractivity contribution in [1.29, 1.82) is 0 Å². The van der Waals surface area contributed by atoms with Gasteiger partial charge >= 0.3 is 0 Å². The number of nitrogens with zero attached hydrogens (tertiary/aromatic N) is 1. The van der Waals surface area contributed by atoms with E-state index >= 15 is 0 Å². The molecule has 2 N–H and O–H groups in total. The minimum atomic E-state index is 0.173. The number of benzene rings is 1. The Balaban J connectivity index is 1.89. The Bertz CT molecular complexity index is 479. The average molecular weight is 244 g/mol. The predicted octanol–water partition coefficient (Wildman–Crippen LogP) is 2.40. The maximum absolute atomic E-state index is 11.6. The van der Waals surface area contributed by atoms with Crippen molar-refractivity contribution in [3.05, 3.63) is 29.3 Å². The highest BCUT2D eigenvalue weighted by Crippen LogP contribution is 2.38. The number of anilines is 1. The first kappa shape index (κ1) is 11.7. The van der Waals surface area contributed by atoms with E-state index in [-0.39, 0.29) is 11.9 Å². The molecule has 0 bridgehead atoms. The summed E-state index contributed by atoms with van der Waals surface area (Å²) in [6.07, 6.45) is 5.31. The lowest BCUT2D eigenvalue weighted by Gasteiger charge is -2.33. The van der Waals surface area contributed by atoms with Crippen LogP contribution in [0.2, 0.25) is 0 Å². The van der Waals surface area contributed by atoms with Crippen LogP contribution in [0.1, 0.15) is 42.9 Å². The van der Waals surface area contributed by atoms with Crippen LogP contribution in [0.25, 0.3) is 0 Å². The molecule has 1 aliphatic carbocycles. The van der Waals surface area contributed by atoms with E-state index in [1.165, 1.54) is 30.4 Å². The fourth-order valence-electron chi connectivity index (χ4n) is 2.95. The van der Waals surface area contributed by atoms with E-state index in [4.69, 9.17) is 5.73 Å². The van der Waals surface area contributed by atoms with Gasteiger partial charge in [0.1, 0.15) is 0 Å². The van der Waals surface area contributed by atoms with Crippen LogP contribution >= 0.6 is 0 Å². The summed E-state index contributed by atoms with van der Waals surface area (Å²) in [7, 11) is 1.85. The molecule has 3 heteroatoms. The van der Waals surface area contributed by atoms with E-state index in [0.717, 1.165) is 12.1 Å². The largest absolute Gasteiger partial charge is 0.324 e. The highest BCUT2D eigenvalue weighted by Gasteiger charge is 2.27. The monoisotopic (exact) mass is 244 g/mol. The molecule has 3 nitrogen and oxygen atoms in total. The maximum Gasteiger partial charge on any atom is 0.227 e. The summed E-state index contributed by atoms with van der Waals surface area (Å²) >= 11 is 0. The first-order valence-electron chi connectivity index (χ1n) is 6.82. The van der Waals surface area contributed by atoms with E-state index in [0.29, 0.717) is 12.3 Å². The molecule has 1 fully saturated rings. The summed E-state index contributed by atoms with van der Waals surface area (Å²) in [6.45, 7) is 0. The van der Waals surface area contributed by atoms with Crippen LogP contribution in [0, 0.1) is 5.92 Å². The van der Waals surface area contributed by atoms with Gasteiger partial charge in [-0.3, -0.25) is 4.79 Å². The lowest BCUT2D eigenvalue weighted by molar-refractivity contribution is -0.118. The molecule has 96 valence electrons. The molecule has 1 heterocycles. The summed E-state index contributed by atoms with van der Waals surface area (Å²) in [5.41, 5.74) is 9.87. The second-order valence-corrected chi connectivity index (χ2v) is 5.56. The van der Waals surface area contributed by atoms with E-state index < -0.39 is 0 Å². The third-order valence-corrected chi connectivity index (χ3v) is 4.49. The molecule has 1 aromatic rings. The molecule has 3 rings (SSSR count). The maximum atomic E-state index is 11.6. The topological polar surface area (TPSA) is 46.3 Å². The van der Waals surface area contributed by atoms with Gasteiger partial charge in [-0.1, -0.05) is 18.6 Å². The first-order valence-corrected chi connectivity index (χ1v) is 6.82. The number of aryl methyl sites for hydroxylation is 1. The van der Waals surface area contributed by atoms with Gasteiger partial charge in [0.05, 0.1) is 0 Å². The standard InChI is InChI=1S/C15H20N2O/c1-17-13-7-5-12(15(16)10-3-2-4-10)9-11(13)6-8-14(17)18/h5,7,9-10,15H,2-4,6,8,16H2,1H3. The van der Waals surface area contributed by atoms with Gasteiger partial charge in [-0.05, 0) is 42.4 Å². The molecule has 1 aliphatic heterocycles. The summed E-state index contributed by atoms with van der Waals surface area (Å²) in [4.78, 5) is 13.4. The number of carbonyl (C=O) groups excluding carboxylic acids is 1. The van der Waals surface area contributed by atoms with E-state index in [1.54, 1.807) is 4.90 Å². The molecule has 1 saturated carbocycles. The summed E-state index contributed by atoms with van der Waals surface area (Å²) in [5, 5.41) is 0. The molecule has 0 saturated heterocycles. The van der Waals surface area contributed by atoms with Gasteiger partial charge in [0.2, 0.25) is 5.91 Å². The van der Waals surface area contributed by atoms with Crippen molar-refractivity contribution in [1.82, 2.24) is 0 Å². The second-order valence-electron chi connectivity index (χ2n) is 5.56. The minimum absolute atomic E-state index is 0.173. The third kappa shape index (κ3) is 1.83. The van der Waals surface area contributed by atoms with Crippen LogP contribution in [0.4, 0.5) is 5.69 Å². The summed E-state index contributed by atoms with van der Waals surface area (Å²) in [6, 6.07) is 6.53. The molecule has 0 radical (unpaired) electrons. The van der Waals surface area contributed by atoms with Crippen molar-refractivity contribution in [2.75, 3.05) is 11.9 Å². The van der Waals surface area contributed by atoms with Crippen LogP contribution in [-0.2, 0) is 11.2 Å². The fourth-order valence-corrected chi connectivity index (χ4v) is 2.95. The highest BCUT2D eigenvalue weighted by atomic mass is 16.2. The lowest BCUT2D eigenvalue weighted by atomic mass is 9.77. The Kier molecular flexibility index (Phi) is 2.86. The zero-order chi connectivity index (χ0) is 12.7. The number of hydrogen-bond donors (Lipinski definition) is 1. The van der Waals surface area contributed by atoms with Gasteiger partial charge in [-0.15, -0.1) is 0 Å². The lowest BCUT2D eigenvalue weighted by Crippen LogP contribution is -2.32. The van der Waals surface area contributed by atoms with Crippen molar-refractivity contribution in [3.8, 4) is 0 Å². The minimum Gasteiger partial charge on any atom is -0.324 e. The molecular formula is C15H20N2O. The van der Waals surface area contributed by atoms with Crippen LogP contribution in [0.15, 0.2) is 18.2 Å². The zero-order valence-corrected chi connectivity index (χ0v) is 10.9. The third-order valence-electron chi connectivity index (χ3n) is 4.49. The Morgan fingerprint density at radius 3 is 2.78 bits per heavy atom. The van der Waals surface area contributed by atoms with Crippen molar-refractivity contribution in [2.45, 2.75) is 38.1 Å². The summed E-state index contributed by atoms with van der Waals surface area (Å²) in [5.74, 6) is 0.865. The smallest absolute Gasteiger partial charge is 0.227 e. The molecular weight excluding hydrogens is 224 g/mol. The molecule has 0 aromatic heterocycles. The van der Waals surface area contributed by atoms with Gasteiger partial charge < -0.3 is 10.6 Å². The van der Waals surface area contributed by atoms with E-state index in [2.05, 4.69) is 18.2 Å². The van der Waals surface area contributed by atoms with Gasteiger partial charge in [0.25, 0.3) is 0 Å². The predicted molar refractivity (Wildman–Crippen MR) is 72.4 cm³/mol. The van der Waals surface area contributed by atoms with E-state index in [9.17, 15) is 4.79 Å². The quantitative estimate of drug-likeness (QED) is 0.868. The van der Waals surface area contributed by atoms with Crippen molar-refractivity contribution >= 4 is 11.6 Å². The molecule has 18 heavy (non-hydrogen) atoms. The second kappa shape index (κ2) is 4.39. The van der Waals surface area contributed by atoms with Crippen LogP contribution < -0.4 is 10.6 Å². The van der Waals surface area contributed by atoms with E-state index in [1.807, 2.05) is 7.05 Å². The van der Waals surface area contributed by atoms with Crippen LogP contribution in [0.5, 0.6) is 0 Å². The Morgan fingerprint density at radius 2 is 2.11 bits per heavy atom.